The average Bonchev–Trinajstić information content (AvgIpc) is 3.14. The lowest BCUT2D eigenvalue weighted by molar-refractivity contribution is -0.137. The van der Waals surface area contributed by atoms with Crippen LogP contribution in [-0.2, 0) is 25.5 Å². The van der Waals surface area contributed by atoms with Crippen LogP contribution < -0.4 is 24.4 Å². The Balaban J connectivity index is 1.75. The van der Waals surface area contributed by atoms with Gasteiger partial charge in [-0.1, -0.05) is 43.6 Å². The number of rotatable bonds is 14. The minimum Gasteiger partial charge on any atom is -0.495 e. The summed E-state index contributed by atoms with van der Waals surface area (Å²) in [5.74, 6) is -0.604. The first-order chi connectivity index (χ1) is 22.4. The zero-order valence-corrected chi connectivity index (χ0v) is 27.9. The largest absolute Gasteiger partial charge is 0.495 e. The molecule has 1 aliphatic rings. The van der Waals surface area contributed by atoms with E-state index in [4.69, 9.17) is 35.7 Å². The second-order valence-corrected chi connectivity index (χ2v) is 12.5. The number of carbonyl (C=O) groups excluding carboxylic acids is 2. The fourth-order valence-corrected chi connectivity index (χ4v) is 5.71. The number of nitrogens with zero attached hydrogens (tertiary/aromatic N) is 1. The Kier molecular flexibility index (Phi) is 11.7. The molecule has 47 heavy (non-hydrogen) atoms. The Morgan fingerprint density at radius 2 is 1.74 bits per heavy atom. The van der Waals surface area contributed by atoms with E-state index in [2.05, 4.69) is 5.32 Å². The number of carbonyl (C=O) groups is 3. The molecule has 3 N–H and O–H groups in total. The molecule has 1 heterocycles. The monoisotopic (exact) mass is 668 g/mol. The van der Waals surface area contributed by atoms with E-state index in [1.165, 1.54) is 26.2 Å². The van der Waals surface area contributed by atoms with Gasteiger partial charge >= 0.3 is 5.97 Å². The molecule has 0 bridgehead atoms. The van der Waals surface area contributed by atoms with E-state index in [1.54, 1.807) is 48.5 Å². The van der Waals surface area contributed by atoms with Gasteiger partial charge in [-0.2, -0.15) is 0 Å². The highest BCUT2D eigenvalue weighted by Gasteiger charge is 2.40. The quantitative estimate of drug-likeness (QED) is 0.199. The molecule has 0 unspecified atom stereocenters. The van der Waals surface area contributed by atoms with Gasteiger partial charge in [-0.15, -0.1) is 0 Å². The van der Waals surface area contributed by atoms with Crippen LogP contribution in [0.1, 0.15) is 55.9 Å². The zero-order chi connectivity index (χ0) is 34.3. The second-order valence-electron chi connectivity index (χ2n) is 12.1. The lowest BCUT2D eigenvalue weighted by Gasteiger charge is -2.32. The summed E-state index contributed by atoms with van der Waals surface area (Å²) in [7, 11) is 4.50. The predicted octanol–water partition coefficient (Wildman–Crippen LogP) is 5.64. The van der Waals surface area contributed by atoms with E-state index in [0.29, 0.717) is 57.6 Å². The number of fused-ring (bicyclic) bond motifs is 1. The number of ether oxygens (including phenoxy) is 4. The number of carboxylic acid groups (broad SMARTS) is 1. The van der Waals surface area contributed by atoms with Crippen molar-refractivity contribution in [1.82, 2.24) is 0 Å². The first kappa shape index (κ1) is 35.5. The normalized spacial score (nSPS) is 16.2. The molecular weight excluding hydrogens is 628 g/mol. The summed E-state index contributed by atoms with van der Waals surface area (Å²) in [5, 5.41) is 22.4. The van der Waals surface area contributed by atoms with Crippen LogP contribution >= 0.6 is 11.6 Å². The number of hydrogen-bond acceptors (Lipinski definition) is 8. The van der Waals surface area contributed by atoms with Crippen molar-refractivity contribution in [3.8, 4) is 17.2 Å². The van der Waals surface area contributed by atoms with Crippen molar-refractivity contribution in [1.29, 1.82) is 0 Å². The molecule has 3 aromatic carbocycles. The summed E-state index contributed by atoms with van der Waals surface area (Å²) in [5.41, 5.74) is 2.16. The molecule has 3 aromatic rings. The topological polar surface area (TPSA) is 144 Å². The van der Waals surface area contributed by atoms with Crippen LogP contribution in [0.4, 0.5) is 11.4 Å². The van der Waals surface area contributed by atoms with E-state index < -0.39 is 35.4 Å². The van der Waals surface area contributed by atoms with Crippen molar-refractivity contribution in [2.24, 2.45) is 5.41 Å². The van der Waals surface area contributed by atoms with Crippen molar-refractivity contribution in [3.63, 3.8) is 0 Å². The average molecular weight is 669 g/mol. The van der Waals surface area contributed by atoms with Gasteiger partial charge in [0.15, 0.2) is 11.5 Å². The SMILES string of the molecule is COc1ccc(CCCC(=O)O)cc1NC(=O)C[C@H]1O[C@H](c2cccc(OC)c2OC)c2cc(Cl)ccc2N(CC(C)(C)CO)C1=O. The lowest BCUT2D eigenvalue weighted by Crippen LogP contribution is -2.46. The van der Waals surface area contributed by atoms with Crippen molar-refractivity contribution in [2.75, 3.05) is 44.7 Å². The van der Waals surface area contributed by atoms with E-state index in [0.717, 1.165) is 5.56 Å². The smallest absolute Gasteiger partial charge is 0.303 e. The number of methoxy groups -OCH3 is 3. The van der Waals surface area contributed by atoms with Gasteiger partial charge in [0.2, 0.25) is 5.91 Å². The minimum atomic E-state index is -1.26. The van der Waals surface area contributed by atoms with E-state index in [1.807, 2.05) is 19.9 Å². The highest BCUT2D eigenvalue weighted by molar-refractivity contribution is 6.30. The van der Waals surface area contributed by atoms with Gasteiger partial charge in [-0.05, 0) is 54.8 Å². The number of carboxylic acids is 1. The maximum Gasteiger partial charge on any atom is 0.303 e. The number of aliphatic hydroxyl groups is 1. The Morgan fingerprint density at radius 3 is 2.40 bits per heavy atom. The second kappa shape index (κ2) is 15.5. The number of amides is 2. The molecule has 0 fully saturated rings. The molecule has 2 amide bonds. The Morgan fingerprint density at radius 1 is 1.00 bits per heavy atom. The third-order valence-corrected chi connectivity index (χ3v) is 8.13. The number of aliphatic hydroxyl groups excluding tert-OH is 1. The standard InChI is InChI=1S/C35H41ClN2O9/c1-35(2,20-39)19-38-26-14-13-22(36)17-24(26)32(23-9-7-10-28(45-4)33(23)46-5)47-29(34(38)43)18-30(40)37-25-16-21(8-6-11-31(41)42)12-15-27(25)44-3/h7,9-10,12-17,29,32,39H,6,8,11,18-20H2,1-5H3,(H,37,40)(H,41,42)/t29-,32-/m1/s1. The van der Waals surface area contributed by atoms with E-state index >= 15 is 0 Å². The summed E-state index contributed by atoms with van der Waals surface area (Å²) in [6.07, 6.45) is -1.58. The third kappa shape index (κ3) is 8.54. The molecule has 0 saturated heterocycles. The van der Waals surface area contributed by atoms with Crippen LogP contribution in [0, 0.1) is 5.41 Å². The maximum absolute atomic E-state index is 14.4. The van der Waals surface area contributed by atoms with Crippen LogP contribution in [0.15, 0.2) is 54.6 Å². The van der Waals surface area contributed by atoms with Crippen molar-refractivity contribution in [2.45, 2.75) is 51.7 Å². The Hall–Kier alpha value is -4.32. The van der Waals surface area contributed by atoms with Crippen LogP contribution in [-0.4, -0.2) is 68.6 Å². The third-order valence-electron chi connectivity index (χ3n) is 7.90. The fraction of sp³-hybridized carbons (Fsp3) is 0.400. The summed E-state index contributed by atoms with van der Waals surface area (Å²) in [6, 6.07) is 15.7. The van der Waals surface area contributed by atoms with E-state index in [-0.39, 0.29) is 26.0 Å². The number of aryl methyl sites for hydroxylation is 1. The molecule has 0 radical (unpaired) electrons. The summed E-state index contributed by atoms with van der Waals surface area (Å²) >= 11 is 6.50. The lowest BCUT2D eigenvalue weighted by atomic mass is 9.92. The highest BCUT2D eigenvalue weighted by Crippen LogP contribution is 2.45. The Bertz CT molecular complexity index is 1610. The molecule has 252 valence electrons. The van der Waals surface area contributed by atoms with Gasteiger partial charge in [-0.3, -0.25) is 14.4 Å². The number of anilines is 2. The van der Waals surface area contributed by atoms with E-state index in [9.17, 15) is 19.5 Å². The number of halogens is 1. The fourth-order valence-electron chi connectivity index (χ4n) is 5.53. The molecule has 4 rings (SSSR count). The number of benzene rings is 3. The molecule has 0 aliphatic carbocycles. The molecule has 0 aromatic heterocycles. The molecule has 1 aliphatic heterocycles. The van der Waals surface area contributed by atoms with Crippen molar-refractivity contribution >= 4 is 40.8 Å². The molecule has 11 nitrogen and oxygen atoms in total. The van der Waals surface area contributed by atoms with Gasteiger partial charge in [0.05, 0.1) is 33.4 Å². The number of nitrogens with one attached hydrogen (secondary N) is 1. The van der Waals surface area contributed by atoms with Gasteiger partial charge < -0.3 is 39.4 Å². The van der Waals surface area contributed by atoms with Crippen LogP contribution in [0.2, 0.25) is 5.02 Å². The van der Waals surface area contributed by atoms with Gasteiger partial charge in [-0.25, -0.2) is 0 Å². The summed E-state index contributed by atoms with van der Waals surface area (Å²) < 4.78 is 23.3. The maximum atomic E-state index is 14.4. The van der Waals surface area contributed by atoms with Gasteiger partial charge in [0, 0.05) is 46.8 Å². The van der Waals surface area contributed by atoms with Gasteiger partial charge in [0.25, 0.3) is 5.91 Å². The first-order valence-electron chi connectivity index (χ1n) is 15.2. The van der Waals surface area contributed by atoms with Gasteiger partial charge in [0.1, 0.15) is 18.0 Å². The molecule has 2 atom stereocenters. The molecule has 12 heteroatoms. The number of aliphatic carboxylic acids is 1. The number of para-hydroxylation sites is 1. The van der Waals surface area contributed by atoms with Crippen LogP contribution in [0.3, 0.4) is 0 Å². The summed E-state index contributed by atoms with van der Waals surface area (Å²) in [4.78, 5) is 40.5. The molecule has 0 spiro atoms. The molecular formula is C35H41ClN2O9. The number of hydrogen-bond donors (Lipinski definition) is 3. The zero-order valence-electron chi connectivity index (χ0n) is 27.2. The predicted molar refractivity (Wildman–Crippen MR) is 178 cm³/mol. The van der Waals surface area contributed by atoms with Crippen molar-refractivity contribution in [3.05, 3.63) is 76.3 Å². The highest BCUT2D eigenvalue weighted by atomic mass is 35.5. The Labute approximate surface area is 279 Å². The van der Waals surface area contributed by atoms with Crippen LogP contribution in [0.5, 0.6) is 17.2 Å². The minimum absolute atomic E-state index is 0.0191. The molecule has 0 saturated carbocycles. The first-order valence-corrected chi connectivity index (χ1v) is 15.6. The van der Waals surface area contributed by atoms with Crippen LogP contribution in [0.25, 0.3) is 0 Å². The van der Waals surface area contributed by atoms with Crippen molar-refractivity contribution < 1.29 is 43.5 Å². The summed E-state index contributed by atoms with van der Waals surface area (Å²) in [6.45, 7) is 3.61.